The molecule has 5 nitrogen and oxygen atoms in total. The summed E-state index contributed by atoms with van der Waals surface area (Å²) >= 11 is 0. The van der Waals surface area contributed by atoms with Crippen LogP contribution in [0.4, 0.5) is 15.8 Å². The highest BCUT2D eigenvalue weighted by atomic mass is 19.1. The summed E-state index contributed by atoms with van der Waals surface area (Å²) in [7, 11) is 0. The molecule has 0 saturated carbocycles. The standard InChI is InChI=1S/C25H27FN4O/c1-19-18-21(6-7-22(19)26)25(31)28-23-4-2-3-5-24(23)30-16-14-29(15-17-30)13-10-20-8-11-27-12-9-20/h2-9,11-12,18H,10,13-17H2,1H3,(H,28,31). The first-order valence-electron chi connectivity index (χ1n) is 10.6. The van der Waals surface area contributed by atoms with Gasteiger partial charge in [0.15, 0.2) is 0 Å². The zero-order valence-corrected chi connectivity index (χ0v) is 17.7. The van der Waals surface area contributed by atoms with Gasteiger partial charge in [0, 0.05) is 50.7 Å². The number of hydrogen-bond donors (Lipinski definition) is 1. The largest absolute Gasteiger partial charge is 0.367 e. The molecule has 1 saturated heterocycles. The van der Waals surface area contributed by atoms with E-state index in [-0.39, 0.29) is 11.7 Å². The Bertz CT molecular complexity index is 1030. The molecule has 0 unspecified atom stereocenters. The predicted octanol–water partition coefficient (Wildman–Crippen LogP) is 4.15. The number of amides is 1. The summed E-state index contributed by atoms with van der Waals surface area (Å²) in [6.45, 7) is 6.45. The summed E-state index contributed by atoms with van der Waals surface area (Å²) in [5, 5.41) is 3.01. The minimum Gasteiger partial charge on any atom is -0.367 e. The molecule has 0 aliphatic carbocycles. The zero-order chi connectivity index (χ0) is 21.6. The third-order valence-electron chi connectivity index (χ3n) is 5.75. The van der Waals surface area contributed by atoms with Crippen LogP contribution in [0.15, 0.2) is 67.0 Å². The van der Waals surface area contributed by atoms with Gasteiger partial charge in [0.05, 0.1) is 11.4 Å². The second kappa shape index (κ2) is 9.71. The Morgan fingerprint density at radius 3 is 2.52 bits per heavy atom. The van der Waals surface area contributed by atoms with E-state index in [1.54, 1.807) is 13.0 Å². The fraction of sp³-hybridized carbons (Fsp3) is 0.280. The van der Waals surface area contributed by atoms with E-state index >= 15 is 0 Å². The smallest absolute Gasteiger partial charge is 0.255 e. The molecule has 1 N–H and O–H groups in total. The average Bonchev–Trinajstić information content (AvgIpc) is 2.81. The van der Waals surface area contributed by atoms with E-state index < -0.39 is 0 Å². The molecule has 1 aromatic heterocycles. The topological polar surface area (TPSA) is 48.5 Å². The van der Waals surface area contributed by atoms with Crippen LogP contribution < -0.4 is 10.2 Å². The molecule has 1 aliphatic heterocycles. The number of anilines is 2. The number of nitrogens with one attached hydrogen (secondary N) is 1. The maximum absolute atomic E-state index is 13.5. The maximum Gasteiger partial charge on any atom is 0.255 e. The SMILES string of the molecule is Cc1cc(C(=O)Nc2ccccc2N2CCN(CCc3ccncc3)CC2)ccc1F. The van der Waals surface area contributed by atoms with Gasteiger partial charge in [-0.2, -0.15) is 0 Å². The summed E-state index contributed by atoms with van der Waals surface area (Å²) in [5.41, 5.74) is 4.02. The van der Waals surface area contributed by atoms with Crippen molar-refractivity contribution >= 4 is 17.3 Å². The minimum atomic E-state index is -0.307. The first kappa shape index (κ1) is 21.0. The summed E-state index contributed by atoms with van der Waals surface area (Å²) in [6.07, 6.45) is 4.70. The van der Waals surface area contributed by atoms with Gasteiger partial charge in [-0.25, -0.2) is 4.39 Å². The molecule has 160 valence electrons. The second-order valence-electron chi connectivity index (χ2n) is 7.87. The molecule has 3 aromatic rings. The van der Waals surface area contributed by atoms with Crippen LogP contribution in [0.5, 0.6) is 0 Å². The molecule has 2 heterocycles. The molecule has 1 fully saturated rings. The molecule has 1 amide bonds. The number of rotatable bonds is 6. The molecule has 0 bridgehead atoms. The number of piperazine rings is 1. The van der Waals surface area contributed by atoms with Crippen LogP contribution >= 0.6 is 0 Å². The Labute approximate surface area is 182 Å². The number of carbonyl (C=O) groups is 1. The molecule has 1 aliphatic rings. The Morgan fingerprint density at radius 2 is 1.77 bits per heavy atom. The quantitative estimate of drug-likeness (QED) is 0.654. The lowest BCUT2D eigenvalue weighted by Crippen LogP contribution is -2.47. The first-order chi connectivity index (χ1) is 15.1. The van der Waals surface area contributed by atoms with Crippen LogP contribution in [-0.2, 0) is 6.42 Å². The highest BCUT2D eigenvalue weighted by Crippen LogP contribution is 2.27. The monoisotopic (exact) mass is 418 g/mol. The Hall–Kier alpha value is -3.25. The number of aryl methyl sites for hydroxylation is 1. The van der Waals surface area contributed by atoms with Crippen LogP contribution in [0.25, 0.3) is 0 Å². The average molecular weight is 419 g/mol. The lowest BCUT2D eigenvalue weighted by molar-refractivity contribution is 0.102. The number of para-hydroxylation sites is 2. The van der Waals surface area contributed by atoms with Crippen molar-refractivity contribution in [3.8, 4) is 0 Å². The van der Waals surface area contributed by atoms with E-state index in [0.29, 0.717) is 11.1 Å². The fourth-order valence-corrected chi connectivity index (χ4v) is 3.88. The van der Waals surface area contributed by atoms with Crippen molar-refractivity contribution in [3.05, 3.63) is 89.5 Å². The molecule has 2 aromatic carbocycles. The van der Waals surface area contributed by atoms with Gasteiger partial charge in [-0.15, -0.1) is 0 Å². The van der Waals surface area contributed by atoms with Crippen LogP contribution in [0.2, 0.25) is 0 Å². The predicted molar refractivity (Wildman–Crippen MR) is 122 cm³/mol. The Balaban J connectivity index is 1.37. The van der Waals surface area contributed by atoms with Gasteiger partial charge in [0.1, 0.15) is 5.82 Å². The summed E-state index contributed by atoms with van der Waals surface area (Å²) in [4.78, 5) is 21.6. The maximum atomic E-state index is 13.5. The van der Waals surface area contributed by atoms with Gasteiger partial charge in [0.25, 0.3) is 5.91 Å². The van der Waals surface area contributed by atoms with E-state index in [4.69, 9.17) is 0 Å². The molecule has 0 spiro atoms. The van der Waals surface area contributed by atoms with Gasteiger partial charge in [0.2, 0.25) is 0 Å². The molecule has 0 atom stereocenters. The van der Waals surface area contributed by atoms with Crippen LogP contribution in [-0.4, -0.2) is 48.5 Å². The number of benzene rings is 2. The summed E-state index contributed by atoms with van der Waals surface area (Å²) in [5.74, 6) is -0.537. The van der Waals surface area contributed by atoms with E-state index in [0.717, 1.165) is 50.5 Å². The lowest BCUT2D eigenvalue weighted by atomic mass is 10.1. The molecular weight excluding hydrogens is 391 g/mol. The highest BCUT2D eigenvalue weighted by Gasteiger charge is 2.20. The van der Waals surface area contributed by atoms with Crippen molar-refractivity contribution < 1.29 is 9.18 Å². The van der Waals surface area contributed by atoms with Gasteiger partial charge >= 0.3 is 0 Å². The van der Waals surface area contributed by atoms with Crippen molar-refractivity contribution in [2.75, 3.05) is 42.9 Å². The van der Waals surface area contributed by atoms with Crippen molar-refractivity contribution in [2.24, 2.45) is 0 Å². The fourth-order valence-electron chi connectivity index (χ4n) is 3.88. The molecule has 4 rings (SSSR count). The van der Waals surface area contributed by atoms with Crippen molar-refractivity contribution in [2.45, 2.75) is 13.3 Å². The van der Waals surface area contributed by atoms with Crippen LogP contribution in [0.3, 0.4) is 0 Å². The number of halogens is 1. The van der Waals surface area contributed by atoms with Crippen molar-refractivity contribution in [3.63, 3.8) is 0 Å². The van der Waals surface area contributed by atoms with Crippen LogP contribution in [0.1, 0.15) is 21.5 Å². The Kier molecular flexibility index (Phi) is 6.57. The highest BCUT2D eigenvalue weighted by molar-refractivity contribution is 6.06. The number of carbonyl (C=O) groups excluding carboxylic acids is 1. The number of aromatic nitrogens is 1. The van der Waals surface area contributed by atoms with Crippen LogP contribution in [0, 0.1) is 12.7 Å². The molecule has 0 radical (unpaired) electrons. The third kappa shape index (κ3) is 5.27. The first-order valence-corrected chi connectivity index (χ1v) is 10.6. The van der Waals surface area contributed by atoms with E-state index in [2.05, 4.69) is 32.2 Å². The van der Waals surface area contributed by atoms with Gasteiger partial charge < -0.3 is 10.2 Å². The molecule has 31 heavy (non-hydrogen) atoms. The summed E-state index contributed by atoms with van der Waals surface area (Å²) in [6, 6.07) is 16.4. The molecule has 6 heteroatoms. The van der Waals surface area contributed by atoms with Crippen molar-refractivity contribution in [1.29, 1.82) is 0 Å². The summed E-state index contributed by atoms with van der Waals surface area (Å²) < 4.78 is 13.5. The molecular formula is C25H27FN4O. The lowest BCUT2D eigenvalue weighted by Gasteiger charge is -2.37. The number of hydrogen-bond acceptors (Lipinski definition) is 4. The van der Waals surface area contributed by atoms with Gasteiger partial charge in [-0.05, 0) is 66.9 Å². The van der Waals surface area contributed by atoms with E-state index in [1.165, 1.54) is 17.7 Å². The van der Waals surface area contributed by atoms with Gasteiger partial charge in [-0.3, -0.25) is 14.7 Å². The van der Waals surface area contributed by atoms with Crippen molar-refractivity contribution in [1.82, 2.24) is 9.88 Å². The van der Waals surface area contributed by atoms with E-state index in [9.17, 15) is 9.18 Å². The number of pyridine rings is 1. The zero-order valence-electron chi connectivity index (χ0n) is 17.7. The normalized spacial score (nSPS) is 14.5. The minimum absolute atomic E-state index is 0.230. The third-order valence-corrected chi connectivity index (χ3v) is 5.75. The van der Waals surface area contributed by atoms with E-state index in [1.807, 2.05) is 36.7 Å². The van der Waals surface area contributed by atoms with Gasteiger partial charge in [-0.1, -0.05) is 12.1 Å². The Morgan fingerprint density at radius 1 is 1.03 bits per heavy atom. The second-order valence-corrected chi connectivity index (χ2v) is 7.87. The number of nitrogens with zero attached hydrogens (tertiary/aromatic N) is 3.